The van der Waals surface area contributed by atoms with Crippen molar-refractivity contribution >= 4 is 17.9 Å². The zero-order valence-electron chi connectivity index (χ0n) is 33.0. The van der Waals surface area contributed by atoms with Crippen molar-refractivity contribution in [2.75, 3.05) is 13.2 Å². The lowest BCUT2D eigenvalue weighted by atomic mass is 9.73. The van der Waals surface area contributed by atoms with E-state index < -0.39 is 154 Å². The Morgan fingerprint density at radius 2 is 1.22 bits per heavy atom. The Morgan fingerprint density at radius 3 is 1.82 bits per heavy atom. The van der Waals surface area contributed by atoms with E-state index in [1.54, 1.807) is 6.08 Å². The fraction of sp³-hybridized carbons (Fsp3) is 0.872. The van der Waals surface area contributed by atoms with Crippen LogP contribution in [0.2, 0.25) is 0 Å². The largest absolute Gasteiger partial charge is 0.481 e. The third-order valence-electron chi connectivity index (χ3n) is 12.8. The second-order valence-electron chi connectivity index (χ2n) is 17.1. The third kappa shape index (κ3) is 11.6. The third-order valence-corrected chi connectivity index (χ3v) is 12.8. The molecular weight excluding hydrogens is 804 g/mol. The molecule has 3 aliphatic carbocycles. The molecule has 0 spiro atoms. The molecule has 60 heavy (non-hydrogen) atoms. The molecule has 21 heteroatoms. The lowest BCUT2D eigenvalue weighted by Gasteiger charge is -2.50. The Balaban J connectivity index is 1.15. The second kappa shape index (κ2) is 20.8. The van der Waals surface area contributed by atoms with Crippen molar-refractivity contribution in [3.8, 4) is 0 Å². The maximum Gasteiger partial charge on any atom is 0.330 e. The van der Waals surface area contributed by atoms with Gasteiger partial charge in [0.15, 0.2) is 24.8 Å². The molecule has 342 valence electrons. The zero-order valence-corrected chi connectivity index (χ0v) is 33.0. The number of allylic oxidation sites excluding steroid dienone is 1. The van der Waals surface area contributed by atoms with Crippen molar-refractivity contribution < 1.29 is 104 Å². The number of ether oxygens (including phenoxy) is 7. The molecule has 12 N–H and O–H groups in total. The Morgan fingerprint density at radius 1 is 0.617 bits per heavy atom. The number of aliphatic hydroxyl groups excluding tert-OH is 10. The number of carboxylic acids is 1. The molecule has 3 saturated carbocycles. The number of fused-ring (bicyclic) bond motifs is 1. The second-order valence-corrected chi connectivity index (χ2v) is 17.1. The highest BCUT2D eigenvalue weighted by atomic mass is 16.7. The molecule has 19 atom stereocenters. The van der Waals surface area contributed by atoms with Crippen LogP contribution in [0.3, 0.4) is 0 Å². The molecule has 6 aliphatic rings. The number of esters is 2. The summed E-state index contributed by atoms with van der Waals surface area (Å²) in [6.07, 6.45) is -16.9. The van der Waals surface area contributed by atoms with Gasteiger partial charge in [0.25, 0.3) is 0 Å². The Labute approximate surface area is 345 Å². The van der Waals surface area contributed by atoms with E-state index in [2.05, 4.69) is 0 Å². The molecule has 0 amide bonds. The minimum absolute atomic E-state index is 0.0197. The van der Waals surface area contributed by atoms with Crippen LogP contribution in [0.25, 0.3) is 0 Å². The predicted molar refractivity (Wildman–Crippen MR) is 197 cm³/mol. The number of rotatable bonds is 13. The van der Waals surface area contributed by atoms with Gasteiger partial charge in [-0.05, 0) is 57.3 Å². The maximum absolute atomic E-state index is 12.6. The van der Waals surface area contributed by atoms with Crippen molar-refractivity contribution in [1.29, 1.82) is 0 Å². The van der Waals surface area contributed by atoms with Gasteiger partial charge in [0.1, 0.15) is 74.6 Å². The van der Waals surface area contributed by atoms with Crippen LogP contribution in [0.5, 0.6) is 0 Å². The van der Waals surface area contributed by atoms with Crippen LogP contribution in [0.1, 0.15) is 70.6 Å². The summed E-state index contributed by atoms with van der Waals surface area (Å²) in [6.45, 7) is -1.20. The van der Waals surface area contributed by atoms with E-state index in [9.17, 15) is 65.4 Å². The first kappa shape index (κ1) is 47.0. The summed E-state index contributed by atoms with van der Waals surface area (Å²) >= 11 is 0. The van der Waals surface area contributed by atoms with Crippen molar-refractivity contribution in [2.24, 2.45) is 17.8 Å². The van der Waals surface area contributed by atoms with Crippen LogP contribution in [0.15, 0.2) is 12.2 Å². The summed E-state index contributed by atoms with van der Waals surface area (Å²) in [7, 11) is 0. The highest BCUT2D eigenvalue weighted by Gasteiger charge is 2.56. The van der Waals surface area contributed by atoms with Gasteiger partial charge in [-0.15, -0.1) is 0 Å². The van der Waals surface area contributed by atoms with E-state index in [0.717, 1.165) is 0 Å². The van der Waals surface area contributed by atoms with Gasteiger partial charge in [-0.2, -0.15) is 0 Å². The van der Waals surface area contributed by atoms with E-state index in [-0.39, 0.29) is 37.5 Å². The molecule has 0 aromatic carbocycles. The van der Waals surface area contributed by atoms with Gasteiger partial charge < -0.3 is 89.3 Å². The van der Waals surface area contributed by atoms with Gasteiger partial charge in [0.05, 0.1) is 36.4 Å². The Hall–Kier alpha value is -2.45. The number of hydrogen-bond acceptors (Lipinski definition) is 19. The molecule has 3 aliphatic heterocycles. The summed E-state index contributed by atoms with van der Waals surface area (Å²) in [4.78, 5) is 35.4. The number of carbonyl (C=O) groups excluding carboxylic acids is 2. The fourth-order valence-electron chi connectivity index (χ4n) is 9.40. The summed E-state index contributed by atoms with van der Waals surface area (Å²) in [6, 6.07) is 0. The number of aliphatic carboxylic acids is 1. The van der Waals surface area contributed by atoms with Gasteiger partial charge in [-0.1, -0.05) is 6.08 Å². The van der Waals surface area contributed by atoms with Crippen LogP contribution >= 0.6 is 0 Å². The van der Waals surface area contributed by atoms with E-state index in [1.165, 1.54) is 6.08 Å². The van der Waals surface area contributed by atoms with Gasteiger partial charge in [-0.25, -0.2) is 4.79 Å². The number of carbonyl (C=O) groups is 3. The van der Waals surface area contributed by atoms with Gasteiger partial charge in [-0.3, -0.25) is 9.59 Å². The van der Waals surface area contributed by atoms with Gasteiger partial charge >= 0.3 is 17.9 Å². The molecule has 6 rings (SSSR count). The van der Waals surface area contributed by atoms with E-state index in [1.807, 2.05) is 0 Å². The molecule has 0 radical (unpaired) electrons. The lowest BCUT2D eigenvalue weighted by molar-refractivity contribution is -0.366. The number of hydrogen-bond donors (Lipinski definition) is 11. The average molecular weight is 866 g/mol. The smallest absolute Gasteiger partial charge is 0.330 e. The molecule has 3 heterocycles. The lowest BCUT2D eigenvalue weighted by Crippen LogP contribution is -2.64. The fourth-order valence-corrected chi connectivity index (χ4v) is 9.40. The van der Waals surface area contributed by atoms with Gasteiger partial charge in [0, 0.05) is 24.8 Å². The summed E-state index contributed by atoms with van der Waals surface area (Å²) in [5, 5.41) is 115. The van der Waals surface area contributed by atoms with Crippen LogP contribution in [-0.2, 0) is 42.8 Å². The summed E-state index contributed by atoms with van der Waals surface area (Å²) < 4.78 is 39.7. The average Bonchev–Trinajstić information content (AvgIpc) is 3.20. The molecule has 21 nitrogen and oxygen atoms in total. The molecule has 0 bridgehead atoms. The maximum atomic E-state index is 12.6. The van der Waals surface area contributed by atoms with Crippen molar-refractivity contribution in [3.05, 3.63) is 12.2 Å². The van der Waals surface area contributed by atoms with Gasteiger partial charge in [0.2, 0.25) is 0 Å². The molecule has 0 aromatic rings. The van der Waals surface area contributed by atoms with Crippen LogP contribution in [0.4, 0.5) is 0 Å². The van der Waals surface area contributed by atoms with Crippen LogP contribution < -0.4 is 0 Å². The van der Waals surface area contributed by atoms with Crippen molar-refractivity contribution in [1.82, 2.24) is 0 Å². The zero-order chi connectivity index (χ0) is 43.4. The number of carboxylic acid groups (broad SMARTS) is 1. The Bertz CT molecular complexity index is 1460. The van der Waals surface area contributed by atoms with Crippen LogP contribution in [-0.4, -0.2) is 202 Å². The van der Waals surface area contributed by atoms with E-state index in [0.29, 0.717) is 38.5 Å². The SMILES string of the molecule is O=C(O)CC(=O)OC[C@H]1O[C@@H](OC2CC(O)CC3[OH+]C(C4CCC(O)CC4)C(O[C@@H]4O[C@H](COC(=O)C=CC5CCC(O)C(O)C5)[C@@H](O)[C@H](O)[C@H]4O)CC23)[C@H](O)[C@@H](O)[C@@H]1O. The summed E-state index contributed by atoms with van der Waals surface area (Å²) in [5.74, 6) is -4.16. The predicted octanol–water partition coefficient (Wildman–Crippen LogP) is -4.00. The van der Waals surface area contributed by atoms with E-state index >= 15 is 0 Å². The first-order valence-corrected chi connectivity index (χ1v) is 20.8. The van der Waals surface area contributed by atoms with Crippen molar-refractivity contribution in [2.45, 2.75) is 181 Å². The first-order valence-electron chi connectivity index (χ1n) is 20.8. The van der Waals surface area contributed by atoms with Crippen LogP contribution in [0, 0.1) is 17.8 Å². The minimum atomic E-state index is -1.83. The molecule has 6 fully saturated rings. The first-order chi connectivity index (χ1) is 28.5. The topological polar surface area (TPSA) is 342 Å². The molecular formula is C39H61O21+. The van der Waals surface area contributed by atoms with Crippen molar-refractivity contribution in [3.63, 3.8) is 0 Å². The normalized spacial score (nSPS) is 46.3. The standard InChI is InChI=1S/C39H60O21/c40-18-5-3-17(4-6-18)37-25(58-39-36(53)34(51)31(48)26(60-39)14-54-29(46)8-2-16-1-7-21(42)22(43)9-16)12-20-23(56-37)10-19(41)11-24(20)57-38-35(52)33(50)32(49)27(59-38)15-55-30(47)13-28(44)45/h2,8,16-27,31-43,48-53H,1,3-7,9-15H2,(H,44,45)/p+1/t16?,17?,18?,19?,20?,21?,22?,23?,24?,25?,26-,27-,31-,32-,33+,34+,35-,36-,37?,38-,39-/m1/s1. The Kier molecular flexibility index (Phi) is 16.3. The summed E-state index contributed by atoms with van der Waals surface area (Å²) in [5.41, 5.74) is 0. The monoisotopic (exact) mass is 865 g/mol. The highest BCUT2D eigenvalue weighted by Crippen LogP contribution is 2.44. The molecule has 3 saturated heterocycles. The van der Waals surface area contributed by atoms with E-state index in [4.69, 9.17) is 38.3 Å². The quantitative estimate of drug-likeness (QED) is 0.0364. The molecule has 0 aromatic heterocycles. The molecule has 9 unspecified atom stereocenters. The number of aliphatic hydroxyl groups is 12. The highest BCUT2D eigenvalue weighted by molar-refractivity contribution is 5.90. The minimum Gasteiger partial charge on any atom is -0.481 e.